The summed E-state index contributed by atoms with van der Waals surface area (Å²) < 4.78 is 19.6. The molecule has 0 spiro atoms. The third kappa shape index (κ3) is 3.73. The molecule has 0 fully saturated rings. The van der Waals surface area contributed by atoms with Gasteiger partial charge in [0.1, 0.15) is 17.5 Å². The van der Waals surface area contributed by atoms with Crippen LogP contribution >= 0.6 is 0 Å². The lowest BCUT2D eigenvalue weighted by atomic mass is 9.80. The molecule has 0 aromatic heterocycles. The van der Waals surface area contributed by atoms with E-state index in [-0.39, 0.29) is 17.5 Å². The van der Waals surface area contributed by atoms with Gasteiger partial charge in [-0.3, -0.25) is 0 Å². The minimum atomic E-state index is -0.568. The van der Waals surface area contributed by atoms with E-state index in [1.807, 2.05) is 26.8 Å². The maximum Gasteiger partial charge on any atom is 0.335 e. The lowest BCUT2D eigenvalue weighted by molar-refractivity contribution is -0.153. The Morgan fingerprint density at radius 2 is 2.21 bits per heavy atom. The molecule has 0 amide bonds. The van der Waals surface area contributed by atoms with Crippen molar-refractivity contribution in [2.75, 3.05) is 0 Å². The third-order valence-electron chi connectivity index (χ3n) is 4.26. The van der Waals surface area contributed by atoms with E-state index in [9.17, 15) is 9.18 Å². The molecule has 1 aliphatic heterocycles. The molecule has 1 heterocycles. The summed E-state index contributed by atoms with van der Waals surface area (Å²) in [4.78, 5) is 12.6. The summed E-state index contributed by atoms with van der Waals surface area (Å²) >= 11 is 0. The Balaban J connectivity index is 2.49. The molecule has 0 aliphatic carbocycles. The van der Waals surface area contributed by atoms with Gasteiger partial charge in [0.2, 0.25) is 0 Å². The molecule has 0 N–H and O–H groups in total. The SMILES string of the molecule is C=CCCC(C1=C(C)CC(C)(C)OC1=O)c1ccc(C#N)c(F)c1. The predicted molar refractivity (Wildman–Crippen MR) is 90.8 cm³/mol. The van der Waals surface area contributed by atoms with E-state index in [1.54, 1.807) is 12.1 Å². The Bertz CT molecular complexity index is 740. The molecule has 126 valence electrons. The number of cyclic esters (lactones) is 1. The van der Waals surface area contributed by atoms with Crippen LogP contribution in [0.3, 0.4) is 0 Å². The Morgan fingerprint density at radius 1 is 1.50 bits per heavy atom. The van der Waals surface area contributed by atoms with Crippen molar-refractivity contribution < 1.29 is 13.9 Å². The second-order valence-electron chi connectivity index (χ2n) is 6.79. The zero-order chi connectivity index (χ0) is 17.9. The van der Waals surface area contributed by atoms with E-state index in [4.69, 9.17) is 10.00 Å². The fourth-order valence-electron chi connectivity index (χ4n) is 3.29. The first-order valence-corrected chi connectivity index (χ1v) is 8.02. The maximum absolute atomic E-state index is 14.0. The lowest BCUT2D eigenvalue weighted by Crippen LogP contribution is -2.35. The van der Waals surface area contributed by atoms with Crippen molar-refractivity contribution in [3.05, 3.63) is 58.9 Å². The van der Waals surface area contributed by atoms with Crippen molar-refractivity contribution in [3.63, 3.8) is 0 Å². The summed E-state index contributed by atoms with van der Waals surface area (Å²) in [6.45, 7) is 9.42. The van der Waals surface area contributed by atoms with Crippen LogP contribution in [0.5, 0.6) is 0 Å². The molecular formula is C20H22FNO2. The number of carbonyl (C=O) groups is 1. The number of esters is 1. The molecule has 1 atom stereocenters. The Hall–Kier alpha value is -2.41. The van der Waals surface area contributed by atoms with Gasteiger partial charge in [0.15, 0.2) is 0 Å². The highest BCUT2D eigenvalue weighted by atomic mass is 19.1. The predicted octanol–water partition coefficient (Wildman–Crippen LogP) is 4.79. The molecular weight excluding hydrogens is 305 g/mol. The zero-order valence-corrected chi connectivity index (χ0v) is 14.4. The molecule has 1 aromatic rings. The van der Waals surface area contributed by atoms with E-state index < -0.39 is 11.4 Å². The fraction of sp³-hybridized carbons (Fsp3) is 0.400. The van der Waals surface area contributed by atoms with E-state index in [0.717, 1.165) is 5.57 Å². The van der Waals surface area contributed by atoms with E-state index >= 15 is 0 Å². The number of rotatable bonds is 5. The van der Waals surface area contributed by atoms with Gasteiger partial charge in [-0.05, 0) is 51.3 Å². The topological polar surface area (TPSA) is 50.1 Å². The number of hydrogen-bond acceptors (Lipinski definition) is 3. The highest BCUT2D eigenvalue weighted by molar-refractivity contribution is 5.92. The summed E-state index contributed by atoms with van der Waals surface area (Å²) in [6.07, 6.45) is 3.76. The number of ether oxygens (including phenoxy) is 1. The first kappa shape index (κ1) is 17.9. The Labute approximate surface area is 142 Å². The van der Waals surface area contributed by atoms with Gasteiger partial charge >= 0.3 is 5.97 Å². The molecule has 0 radical (unpaired) electrons. The molecule has 1 unspecified atom stereocenters. The van der Waals surface area contributed by atoms with Crippen molar-refractivity contribution in [1.82, 2.24) is 0 Å². The number of hydrogen-bond donors (Lipinski definition) is 0. The smallest absolute Gasteiger partial charge is 0.335 e. The van der Waals surface area contributed by atoms with Gasteiger partial charge in [0.05, 0.1) is 5.56 Å². The third-order valence-corrected chi connectivity index (χ3v) is 4.26. The first-order valence-electron chi connectivity index (χ1n) is 8.02. The van der Waals surface area contributed by atoms with Gasteiger partial charge < -0.3 is 4.74 Å². The molecule has 4 heteroatoms. The van der Waals surface area contributed by atoms with Gasteiger partial charge in [-0.1, -0.05) is 17.7 Å². The average Bonchev–Trinajstić information content (AvgIpc) is 2.48. The van der Waals surface area contributed by atoms with E-state index in [0.29, 0.717) is 30.4 Å². The molecule has 1 aliphatic rings. The molecule has 24 heavy (non-hydrogen) atoms. The number of allylic oxidation sites excluding steroid dienone is 1. The molecule has 2 rings (SSSR count). The highest BCUT2D eigenvalue weighted by Crippen LogP contribution is 2.39. The van der Waals surface area contributed by atoms with Crippen LogP contribution in [-0.4, -0.2) is 11.6 Å². The van der Waals surface area contributed by atoms with Gasteiger partial charge in [-0.25, -0.2) is 9.18 Å². The standard InChI is InChI=1S/C20H22FNO2/c1-5-6-7-16(14-8-9-15(12-22)17(21)10-14)18-13(2)11-20(3,4)24-19(18)23/h5,8-10,16H,1,6-7,11H2,2-4H3. The minimum Gasteiger partial charge on any atom is -0.456 e. The fourth-order valence-corrected chi connectivity index (χ4v) is 3.29. The Morgan fingerprint density at radius 3 is 2.75 bits per heavy atom. The van der Waals surface area contributed by atoms with Crippen LogP contribution in [0.4, 0.5) is 4.39 Å². The van der Waals surface area contributed by atoms with Gasteiger partial charge in [-0.15, -0.1) is 6.58 Å². The van der Waals surface area contributed by atoms with Crippen molar-refractivity contribution >= 4 is 5.97 Å². The van der Waals surface area contributed by atoms with Crippen molar-refractivity contribution in [2.24, 2.45) is 0 Å². The summed E-state index contributed by atoms with van der Waals surface area (Å²) in [5, 5.41) is 8.89. The number of nitrogens with zero attached hydrogens (tertiary/aromatic N) is 1. The summed E-state index contributed by atoms with van der Waals surface area (Å²) in [5.74, 6) is -1.18. The van der Waals surface area contributed by atoms with E-state index in [1.165, 1.54) is 12.1 Å². The van der Waals surface area contributed by atoms with E-state index in [2.05, 4.69) is 6.58 Å². The van der Waals surface area contributed by atoms with Crippen LogP contribution in [0, 0.1) is 17.1 Å². The van der Waals surface area contributed by atoms with Crippen LogP contribution in [0.25, 0.3) is 0 Å². The maximum atomic E-state index is 14.0. The number of halogens is 1. The molecule has 0 saturated carbocycles. The van der Waals surface area contributed by atoms with Crippen LogP contribution in [-0.2, 0) is 9.53 Å². The van der Waals surface area contributed by atoms with Crippen LogP contribution in [0.15, 0.2) is 42.0 Å². The van der Waals surface area contributed by atoms with Gasteiger partial charge in [0.25, 0.3) is 0 Å². The first-order chi connectivity index (χ1) is 11.3. The molecule has 0 saturated heterocycles. The second kappa shape index (κ2) is 7.00. The van der Waals surface area contributed by atoms with Crippen LogP contribution in [0.1, 0.15) is 57.1 Å². The largest absolute Gasteiger partial charge is 0.456 e. The summed E-state index contributed by atoms with van der Waals surface area (Å²) in [5.41, 5.74) is 1.72. The van der Waals surface area contributed by atoms with Crippen molar-refractivity contribution in [1.29, 1.82) is 5.26 Å². The molecule has 1 aromatic carbocycles. The highest BCUT2D eigenvalue weighted by Gasteiger charge is 2.36. The molecule has 0 bridgehead atoms. The number of nitriles is 1. The Kier molecular flexibility index (Phi) is 5.23. The number of carbonyl (C=O) groups excluding carboxylic acids is 1. The second-order valence-corrected chi connectivity index (χ2v) is 6.79. The quantitative estimate of drug-likeness (QED) is 0.577. The minimum absolute atomic E-state index is 0.000670. The van der Waals surface area contributed by atoms with Crippen molar-refractivity contribution in [3.8, 4) is 6.07 Å². The number of benzene rings is 1. The summed E-state index contributed by atoms with van der Waals surface area (Å²) in [7, 11) is 0. The molecule has 3 nitrogen and oxygen atoms in total. The lowest BCUT2D eigenvalue weighted by Gasteiger charge is -2.34. The van der Waals surface area contributed by atoms with Crippen LogP contribution in [0.2, 0.25) is 0 Å². The van der Waals surface area contributed by atoms with Gasteiger partial charge in [-0.2, -0.15) is 5.26 Å². The summed E-state index contributed by atoms with van der Waals surface area (Å²) in [6, 6.07) is 6.33. The monoisotopic (exact) mass is 327 g/mol. The average molecular weight is 327 g/mol. The van der Waals surface area contributed by atoms with Gasteiger partial charge in [0, 0.05) is 17.9 Å². The van der Waals surface area contributed by atoms with Crippen molar-refractivity contribution in [2.45, 2.75) is 51.6 Å². The zero-order valence-electron chi connectivity index (χ0n) is 14.4. The van der Waals surface area contributed by atoms with Crippen LogP contribution < -0.4 is 0 Å². The normalized spacial score (nSPS) is 17.9.